The molecular weight excluding hydrogens is 134 g/mol. The van der Waals surface area contributed by atoms with E-state index in [1.807, 2.05) is 19.1 Å². The number of hydrogen-bond donors (Lipinski definition) is 1. The molecule has 0 aromatic heterocycles. The van der Waals surface area contributed by atoms with E-state index in [2.05, 4.69) is 13.0 Å². The van der Waals surface area contributed by atoms with Crippen LogP contribution in [0.5, 0.6) is 0 Å². The molecule has 2 unspecified atom stereocenters. The van der Waals surface area contributed by atoms with Crippen molar-refractivity contribution in [1.82, 2.24) is 0 Å². The van der Waals surface area contributed by atoms with Gasteiger partial charge in [-0.2, -0.15) is 0 Å². The average molecular weight is 151 g/mol. The monoisotopic (exact) mass is 151 g/mol. The summed E-state index contributed by atoms with van der Waals surface area (Å²) in [6.07, 6.45) is 8.92. The van der Waals surface area contributed by atoms with Crippen LogP contribution in [0.25, 0.3) is 0 Å². The number of hydrogen-bond acceptors (Lipinski definition) is 1. The second-order valence-corrected chi connectivity index (χ2v) is 3.37. The van der Waals surface area contributed by atoms with Crippen LogP contribution in [-0.4, -0.2) is 0 Å². The van der Waals surface area contributed by atoms with Crippen LogP contribution < -0.4 is 5.73 Å². The summed E-state index contributed by atoms with van der Waals surface area (Å²) in [6.45, 7) is 4.26. The summed E-state index contributed by atoms with van der Waals surface area (Å²) in [7, 11) is 0. The normalized spacial score (nSPS) is 32.4. The predicted molar refractivity (Wildman–Crippen MR) is 49.0 cm³/mol. The molecule has 0 bridgehead atoms. The highest BCUT2D eigenvalue weighted by Crippen LogP contribution is 2.34. The summed E-state index contributed by atoms with van der Waals surface area (Å²) >= 11 is 0. The van der Waals surface area contributed by atoms with Gasteiger partial charge >= 0.3 is 0 Å². The third kappa shape index (κ3) is 2.11. The van der Waals surface area contributed by atoms with E-state index in [0.717, 1.165) is 17.5 Å². The zero-order valence-electron chi connectivity index (χ0n) is 7.38. The Bertz CT molecular complexity index is 179. The van der Waals surface area contributed by atoms with Crippen molar-refractivity contribution < 1.29 is 0 Å². The SMILES string of the molecule is C/C=C(N)\C=C/C1CCC1C. The maximum atomic E-state index is 5.62. The average Bonchev–Trinajstić information content (AvgIpc) is 2.01. The van der Waals surface area contributed by atoms with E-state index in [1.54, 1.807) is 0 Å². The highest BCUT2D eigenvalue weighted by atomic mass is 14.5. The molecular formula is C10H17N. The second-order valence-electron chi connectivity index (χ2n) is 3.37. The molecule has 0 amide bonds. The van der Waals surface area contributed by atoms with Gasteiger partial charge < -0.3 is 5.73 Å². The number of nitrogens with two attached hydrogens (primary N) is 1. The molecule has 0 heterocycles. The van der Waals surface area contributed by atoms with E-state index < -0.39 is 0 Å². The predicted octanol–water partition coefficient (Wildman–Crippen LogP) is 2.45. The maximum absolute atomic E-state index is 5.62. The lowest BCUT2D eigenvalue weighted by atomic mass is 9.75. The molecule has 0 aliphatic heterocycles. The fourth-order valence-corrected chi connectivity index (χ4v) is 1.31. The fourth-order valence-electron chi connectivity index (χ4n) is 1.31. The van der Waals surface area contributed by atoms with Crippen LogP contribution in [-0.2, 0) is 0 Å². The third-order valence-electron chi connectivity index (χ3n) is 2.56. The topological polar surface area (TPSA) is 26.0 Å². The standard InChI is InChI=1S/C10H17N/c1-3-10(11)7-6-9-5-4-8(9)2/h3,6-9H,4-5,11H2,1-2H3/b7-6-,10-3+. The minimum atomic E-state index is 0.786. The maximum Gasteiger partial charge on any atom is 0.0267 e. The molecule has 1 aliphatic carbocycles. The van der Waals surface area contributed by atoms with Crippen molar-refractivity contribution in [1.29, 1.82) is 0 Å². The first-order valence-electron chi connectivity index (χ1n) is 4.34. The molecule has 0 radical (unpaired) electrons. The van der Waals surface area contributed by atoms with Crippen molar-refractivity contribution in [2.75, 3.05) is 0 Å². The lowest BCUT2D eigenvalue weighted by Gasteiger charge is -2.31. The Balaban J connectivity index is 2.35. The highest BCUT2D eigenvalue weighted by molar-refractivity contribution is 5.15. The summed E-state index contributed by atoms with van der Waals surface area (Å²) in [4.78, 5) is 0. The molecule has 1 nitrogen and oxygen atoms in total. The van der Waals surface area contributed by atoms with Gasteiger partial charge in [-0.15, -0.1) is 0 Å². The summed E-state index contributed by atoms with van der Waals surface area (Å²) in [5, 5.41) is 0. The first-order chi connectivity index (χ1) is 5.24. The van der Waals surface area contributed by atoms with Crippen LogP contribution in [0, 0.1) is 11.8 Å². The summed E-state index contributed by atoms with van der Waals surface area (Å²) in [5.41, 5.74) is 6.50. The van der Waals surface area contributed by atoms with E-state index in [0.29, 0.717) is 0 Å². The molecule has 1 aliphatic rings. The lowest BCUT2D eigenvalue weighted by molar-refractivity contribution is 0.251. The lowest BCUT2D eigenvalue weighted by Crippen LogP contribution is -2.20. The zero-order chi connectivity index (χ0) is 8.27. The highest BCUT2D eigenvalue weighted by Gasteiger charge is 2.23. The smallest absolute Gasteiger partial charge is 0.0267 e. The Morgan fingerprint density at radius 2 is 2.18 bits per heavy atom. The first kappa shape index (κ1) is 8.38. The van der Waals surface area contributed by atoms with Gasteiger partial charge in [-0.3, -0.25) is 0 Å². The molecule has 0 spiro atoms. The molecule has 0 aromatic rings. The van der Waals surface area contributed by atoms with Gasteiger partial charge in [0.2, 0.25) is 0 Å². The van der Waals surface area contributed by atoms with Gasteiger partial charge in [-0.25, -0.2) is 0 Å². The van der Waals surface area contributed by atoms with Crippen LogP contribution in [0.1, 0.15) is 26.7 Å². The number of allylic oxidation sites excluding steroid dienone is 3. The Hall–Kier alpha value is -0.720. The van der Waals surface area contributed by atoms with Crippen LogP contribution in [0.4, 0.5) is 0 Å². The Morgan fingerprint density at radius 1 is 1.45 bits per heavy atom. The van der Waals surface area contributed by atoms with E-state index in [1.165, 1.54) is 12.8 Å². The van der Waals surface area contributed by atoms with Crippen LogP contribution in [0.15, 0.2) is 23.9 Å². The minimum absolute atomic E-state index is 0.786. The van der Waals surface area contributed by atoms with Crippen molar-refractivity contribution >= 4 is 0 Å². The molecule has 1 fully saturated rings. The van der Waals surface area contributed by atoms with E-state index in [9.17, 15) is 0 Å². The summed E-state index contributed by atoms with van der Waals surface area (Å²) in [5.74, 6) is 1.66. The minimum Gasteiger partial charge on any atom is -0.399 e. The van der Waals surface area contributed by atoms with E-state index in [-0.39, 0.29) is 0 Å². The summed E-state index contributed by atoms with van der Waals surface area (Å²) < 4.78 is 0. The van der Waals surface area contributed by atoms with Crippen molar-refractivity contribution in [3.8, 4) is 0 Å². The second kappa shape index (κ2) is 3.61. The zero-order valence-corrected chi connectivity index (χ0v) is 7.38. The van der Waals surface area contributed by atoms with Crippen molar-refractivity contribution in [3.05, 3.63) is 23.9 Å². The van der Waals surface area contributed by atoms with Gasteiger partial charge in [0.05, 0.1) is 0 Å². The summed E-state index contributed by atoms with van der Waals surface area (Å²) in [6, 6.07) is 0. The number of rotatable bonds is 2. The largest absolute Gasteiger partial charge is 0.399 e. The Labute approximate surface area is 69.0 Å². The Morgan fingerprint density at radius 3 is 2.55 bits per heavy atom. The van der Waals surface area contributed by atoms with Gasteiger partial charge in [0.25, 0.3) is 0 Å². The fraction of sp³-hybridized carbons (Fsp3) is 0.600. The Kier molecular flexibility index (Phi) is 2.75. The molecule has 62 valence electrons. The molecule has 11 heavy (non-hydrogen) atoms. The first-order valence-corrected chi connectivity index (χ1v) is 4.34. The molecule has 2 atom stereocenters. The molecule has 1 saturated carbocycles. The van der Waals surface area contributed by atoms with Gasteiger partial charge in [0.1, 0.15) is 0 Å². The molecule has 0 aromatic carbocycles. The van der Waals surface area contributed by atoms with E-state index >= 15 is 0 Å². The molecule has 2 N–H and O–H groups in total. The van der Waals surface area contributed by atoms with Gasteiger partial charge in [-0.1, -0.05) is 19.1 Å². The molecule has 1 heteroatoms. The van der Waals surface area contributed by atoms with Crippen LogP contribution >= 0.6 is 0 Å². The van der Waals surface area contributed by atoms with E-state index in [4.69, 9.17) is 5.73 Å². The third-order valence-corrected chi connectivity index (χ3v) is 2.56. The van der Waals surface area contributed by atoms with Gasteiger partial charge in [0, 0.05) is 5.70 Å². The van der Waals surface area contributed by atoms with Crippen molar-refractivity contribution in [2.45, 2.75) is 26.7 Å². The quantitative estimate of drug-likeness (QED) is 0.603. The van der Waals surface area contributed by atoms with Gasteiger partial charge in [0.15, 0.2) is 0 Å². The van der Waals surface area contributed by atoms with Gasteiger partial charge in [-0.05, 0) is 37.7 Å². The van der Waals surface area contributed by atoms with Crippen LogP contribution in [0.2, 0.25) is 0 Å². The van der Waals surface area contributed by atoms with Crippen molar-refractivity contribution in [2.24, 2.45) is 17.6 Å². The molecule has 1 rings (SSSR count). The van der Waals surface area contributed by atoms with Crippen LogP contribution in [0.3, 0.4) is 0 Å². The molecule has 0 saturated heterocycles. The van der Waals surface area contributed by atoms with Crippen molar-refractivity contribution in [3.63, 3.8) is 0 Å².